The number of para-hydroxylation sites is 1. The van der Waals surface area contributed by atoms with Crippen LogP contribution in [0.15, 0.2) is 28.8 Å². The lowest BCUT2D eigenvalue weighted by molar-refractivity contribution is 0.171. The second kappa shape index (κ2) is 4.18. The fraction of sp³-hybridized carbons (Fsp3) is 0.333. The van der Waals surface area contributed by atoms with Gasteiger partial charge >= 0.3 is 0 Å². The second-order valence-electron chi connectivity index (χ2n) is 3.90. The van der Waals surface area contributed by atoms with Gasteiger partial charge in [0.25, 0.3) is 5.89 Å². The molecule has 1 unspecified atom stereocenters. The van der Waals surface area contributed by atoms with Gasteiger partial charge < -0.3 is 14.0 Å². The Morgan fingerprint density at radius 1 is 1.41 bits per heavy atom. The van der Waals surface area contributed by atoms with Crippen molar-refractivity contribution in [1.82, 2.24) is 10.1 Å². The maximum absolute atomic E-state index is 5.75. The molecule has 2 aromatic rings. The fourth-order valence-corrected chi connectivity index (χ4v) is 1.91. The largest absolute Gasteiger partial charge is 0.480 e. The van der Waals surface area contributed by atoms with Crippen LogP contribution in [0.2, 0.25) is 0 Å². The first kappa shape index (κ1) is 10.3. The van der Waals surface area contributed by atoms with Crippen LogP contribution in [0.4, 0.5) is 0 Å². The van der Waals surface area contributed by atoms with Gasteiger partial charge in [-0.1, -0.05) is 23.4 Å². The third kappa shape index (κ3) is 1.89. The van der Waals surface area contributed by atoms with Crippen LogP contribution in [-0.4, -0.2) is 17.3 Å². The number of hydrogen-bond donors (Lipinski definition) is 0. The van der Waals surface area contributed by atoms with Crippen LogP contribution >= 0.6 is 0 Å². The molecule has 17 heavy (non-hydrogen) atoms. The van der Waals surface area contributed by atoms with E-state index in [-0.39, 0.29) is 6.10 Å². The van der Waals surface area contributed by atoms with Gasteiger partial charge in [0, 0.05) is 13.5 Å². The first-order chi connectivity index (χ1) is 8.36. The molecule has 0 N–H and O–H groups in total. The summed E-state index contributed by atoms with van der Waals surface area (Å²) in [5.74, 6) is 1.94. The van der Waals surface area contributed by atoms with Crippen LogP contribution < -0.4 is 4.74 Å². The molecular formula is C12H12N2O3. The van der Waals surface area contributed by atoms with Crippen LogP contribution in [0.5, 0.6) is 5.75 Å². The van der Waals surface area contributed by atoms with Crippen molar-refractivity contribution < 1.29 is 14.0 Å². The molecule has 5 heteroatoms. The van der Waals surface area contributed by atoms with E-state index in [9.17, 15) is 0 Å². The third-order valence-electron chi connectivity index (χ3n) is 2.68. The van der Waals surface area contributed by atoms with E-state index >= 15 is 0 Å². The smallest absolute Gasteiger partial charge is 0.268 e. The maximum Gasteiger partial charge on any atom is 0.268 e. The fourth-order valence-electron chi connectivity index (χ4n) is 1.91. The molecule has 1 aliphatic heterocycles. The molecule has 0 fully saturated rings. The molecule has 0 amide bonds. The van der Waals surface area contributed by atoms with E-state index in [0.717, 1.165) is 12.2 Å². The predicted octanol–water partition coefficient (Wildman–Crippen LogP) is 1.89. The first-order valence-electron chi connectivity index (χ1n) is 5.43. The van der Waals surface area contributed by atoms with E-state index in [0.29, 0.717) is 18.3 Å². The Morgan fingerprint density at radius 3 is 3.12 bits per heavy atom. The molecule has 0 spiro atoms. The van der Waals surface area contributed by atoms with Crippen molar-refractivity contribution in [1.29, 1.82) is 0 Å². The minimum atomic E-state index is -0.175. The molecule has 1 aromatic carbocycles. The molecule has 88 valence electrons. The van der Waals surface area contributed by atoms with Crippen molar-refractivity contribution in [2.45, 2.75) is 19.1 Å². The Balaban J connectivity index is 1.79. The lowest BCUT2D eigenvalue weighted by Gasteiger charge is -2.03. The molecule has 1 atom stereocenters. The normalized spacial score (nSPS) is 17.8. The van der Waals surface area contributed by atoms with Gasteiger partial charge in [-0.05, 0) is 11.6 Å². The Bertz CT molecular complexity index is 499. The number of fused-ring (bicyclic) bond motifs is 1. The molecule has 0 bridgehead atoms. The number of ether oxygens (including phenoxy) is 2. The van der Waals surface area contributed by atoms with E-state index < -0.39 is 0 Å². The van der Waals surface area contributed by atoms with Crippen molar-refractivity contribution >= 4 is 0 Å². The summed E-state index contributed by atoms with van der Waals surface area (Å²) in [5, 5.41) is 3.82. The summed E-state index contributed by atoms with van der Waals surface area (Å²) in [5.41, 5.74) is 1.17. The van der Waals surface area contributed by atoms with Crippen LogP contribution in [0.25, 0.3) is 0 Å². The number of rotatable bonds is 3. The highest BCUT2D eigenvalue weighted by Gasteiger charge is 2.28. The van der Waals surface area contributed by atoms with Crippen LogP contribution in [-0.2, 0) is 17.8 Å². The lowest BCUT2D eigenvalue weighted by Crippen LogP contribution is -2.03. The summed E-state index contributed by atoms with van der Waals surface area (Å²) in [7, 11) is 1.60. The number of aromatic nitrogens is 2. The lowest BCUT2D eigenvalue weighted by atomic mass is 10.1. The molecule has 1 aromatic heterocycles. The van der Waals surface area contributed by atoms with Gasteiger partial charge in [0.1, 0.15) is 12.4 Å². The van der Waals surface area contributed by atoms with E-state index in [1.807, 2.05) is 24.3 Å². The zero-order chi connectivity index (χ0) is 11.7. The van der Waals surface area contributed by atoms with Gasteiger partial charge in [0.15, 0.2) is 11.9 Å². The second-order valence-corrected chi connectivity index (χ2v) is 3.90. The van der Waals surface area contributed by atoms with Crippen molar-refractivity contribution in [2.75, 3.05) is 7.11 Å². The highest BCUT2D eigenvalue weighted by Crippen LogP contribution is 2.35. The standard InChI is InChI=1S/C12H12N2O3/c1-15-7-11-13-12(17-14-11)10-6-8-4-2-3-5-9(8)16-10/h2-5,10H,6-7H2,1H3. The van der Waals surface area contributed by atoms with Gasteiger partial charge in [-0.25, -0.2) is 0 Å². The Kier molecular flexibility index (Phi) is 2.53. The van der Waals surface area contributed by atoms with Gasteiger partial charge in [-0.3, -0.25) is 0 Å². The third-order valence-corrected chi connectivity index (χ3v) is 2.68. The minimum absolute atomic E-state index is 0.175. The van der Waals surface area contributed by atoms with Crippen molar-refractivity contribution in [3.8, 4) is 5.75 Å². The van der Waals surface area contributed by atoms with E-state index in [2.05, 4.69) is 10.1 Å². The molecule has 5 nitrogen and oxygen atoms in total. The number of nitrogens with zero attached hydrogens (tertiary/aromatic N) is 2. The highest BCUT2D eigenvalue weighted by molar-refractivity contribution is 5.37. The van der Waals surface area contributed by atoms with Crippen LogP contribution in [0, 0.1) is 0 Å². The van der Waals surface area contributed by atoms with Crippen molar-refractivity contribution in [3.05, 3.63) is 41.5 Å². The molecule has 2 heterocycles. The molecule has 0 saturated carbocycles. The number of benzene rings is 1. The number of methoxy groups -OCH3 is 1. The summed E-state index contributed by atoms with van der Waals surface area (Å²) in [6.07, 6.45) is 0.593. The van der Waals surface area contributed by atoms with E-state index in [1.165, 1.54) is 5.56 Å². The molecule has 0 aliphatic carbocycles. The molecule has 0 saturated heterocycles. The van der Waals surface area contributed by atoms with E-state index in [1.54, 1.807) is 7.11 Å². The molecule has 3 rings (SSSR count). The zero-order valence-electron chi connectivity index (χ0n) is 9.42. The van der Waals surface area contributed by atoms with Crippen molar-refractivity contribution in [3.63, 3.8) is 0 Å². The number of hydrogen-bond acceptors (Lipinski definition) is 5. The zero-order valence-corrected chi connectivity index (χ0v) is 9.42. The average molecular weight is 232 g/mol. The summed E-state index contributed by atoms with van der Waals surface area (Å²) >= 11 is 0. The Morgan fingerprint density at radius 2 is 2.29 bits per heavy atom. The SMILES string of the molecule is COCc1noc(C2Cc3ccccc3O2)n1. The summed E-state index contributed by atoms with van der Waals surface area (Å²) in [4.78, 5) is 4.24. The topological polar surface area (TPSA) is 57.4 Å². The maximum atomic E-state index is 5.75. The van der Waals surface area contributed by atoms with Gasteiger partial charge in [-0.2, -0.15) is 4.98 Å². The molecule has 0 radical (unpaired) electrons. The van der Waals surface area contributed by atoms with Gasteiger partial charge in [0.05, 0.1) is 0 Å². The summed E-state index contributed by atoms with van der Waals surface area (Å²) < 4.78 is 15.9. The Hall–Kier alpha value is -1.88. The van der Waals surface area contributed by atoms with Crippen LogP contribution in [0.3, 0.4) is 0 Å². The summed E-state index contributed by atoms with van der Waals surface area (Å²) in [6, 6.07) is 7.93. The Labute approximate surface area is 98.4 Å². The molecular weight excluding hydrogens is 220 g/mol. The first-order valence-corrected chi connectivity index (χ1v) is 5.43. The molecule has 1 aliphatic rings. The van der Waals surface area contributed by atoms with Gasteiger partial charge in [-0.15, -0.1) is 0 Å². The van der Waals surface area contributed by atoms with Gasteiger partial charge in [0.2, 0.25) is 0 Å². The predicted molar refractivity (Wildman–Crippen MR) is 58.5 cm³/mol. The highest BCUT2D eigenvalue weighted by atomic mass is 16.5. The minimum Gasteiger partial charge on any atom is -0.480 e. The average Bonchev–Trinajstić information content (AvgIpc) is 2.94. The van der Waals surface area contributed by atoms with Crippen molar-refractivity contribution in [2.24, 2.45) is 0 Å². The monoisotopic (exact) mass is 232 g/mol. The van der Waals surface area contributed by atoms with E-state index in [4.69, 9.17) is 14.0 Å². The summed E-state index contributed by atoms with van der Waals surface area (Å²) in [6.45, 7) is 0.350. The van der Waals surface area contributed by atoms with Crippen LogP contribution in [0.1, 0.15) is 23.4 Å². The quantitative estimate of drug-likeness (QED) is 0.808.